The zero-order chi connectivity index (χ0) is 14.8. The molecule has 5 nitrogen and oxygen atoms in total. The van der Waals surface area contributed by atoms with Crippen molar-refractivity contribution in [2.45, 2.75) is 33.3 Å². The van der Waals surface area contributed by atoms with Gasteiger partial charge in [-0.2, -0.15) is 4.98 Å². The van der Waals surface area contributed by atoms with E-state index < -0.39 is 0 Å². The first kappa shape index (κ1) is 14.1. The van der Waals surface area contributed by atoms with Crippen LogP contribution in [0.4, 0.5) is 5.69 Å². The zero-order valence-electron chi connectivity index (χ0n) is 12.7. The average molecular weight is 287 g/mol. The normalized spacial score (nSPS) is 15.0. The summed E-state index contributed by atoms with van der Waals surface area (Å²) in [5, 5.41) is 7.45. The summed E-state index contributed by atoms with van der Waals surface area (Å²) in [4.78, 5) is 4.52. The predicted molar refractivity (Wildman–Crippen MR) is 81.1 cm³/mol. The second kappa shape index (κ2) is 5.85. The molecule has 1 N–H and O–H groups in total. The van der Waals surface area contributed by atoms with Gasteiger partial charge in [-0.05, 0) is 43.0 Å². The second-order valence-corrected chi connectivity index (χ2v) is 5.63. The Morgan fingerprint density at radius 3 is 3.00 bits per heavy atom. The van der Waals surface area contributed by atoms with Gasteiger partial charge in [0.1, 0.15) is 6.10 Å². The lowest BCUT2D eigenvalue weighted by Gasteiger charge is -2.16. The molecule has 112 valence electrons. The maximum atomic E-state index is 5.72. The third kappa shape index (κ3) is 2.78. The number of nitrogens with zero attached hydrogens (tertiary/aromatic N) is 2. The van der Waals surface area contributed by atoms with Crippen LogP contribution in [0.2, 0.25) is 0 Å². The number of benzene rings is 1. The molecule has 1 aromatic heterocycles. The fourth-order valence-electron chi connectivity index (χ4n) is 2.65. The van der Waals surface area contributed by atoms with Crippen LogP contribution in [0.1, 0.15) is 38.3 Å². The minimum absolute atomic E-state index is 0.122. The van der Waals surface area contributed by atoms with Gasteiger partial charge in [-0.1, -0.05) is 19.0 Å². The highest BCUT2D eigenvalue weighted by molar-refractivity contribution is 5.64. The lowest BCUT2D eigenvalue weighted by atomic mass is 10.1. The minimum atomic E-state index is -0.122. The van der Waals surface area contributed by atoms with Gasteiger partial charge in [-0.25, -0.2) is 0 Å². The summed E-state index contributed by atoms with van der Waals surface area (Å²) in [6.07, 6.45) is 0.918. The van der Waals surface area contributed by atoms with Crippen molar-refractivity contribution in [1.82, 2.24) is 10.1 Å². The van der Waals surface area contributed by atoms with Crippen LogP contribution in [0, 0.1) is 5.92 Å². The number of ether oxygens (including phenoxy) is 1. The summed E-state index contributed by atoms with van der Waals surface area (Å²) in [5.41, 5.74) is 3.47. The largest absolute Gasteiger partial charge is 0.384 e. The highest BCUT2D eigenvalue weighted by atomic mass is 16.5. The van der Waals surface area contributed by atoms with Crippen molar-refractivity contribution in [3.63, 3.8) is 0 Å². The smallest absolute Gasteiger partial charge is 0.258 e. The molecule has 0 fully saturated rings. The predicted octanol–water partition coefficient (Wildman–Crippen LogP) is 3.44. The first-order valence-corrected chi connectivity index (χ1v) is 7.51. The van der Waals surface area contributed by atoms with Crippen molar-refractivity contribution in [2.24, 2.45) is 5.92 Å². The minimum Gasteiger partial charge on any atom is -0.384 e. The van der Waals surface area contributed by atoms with Crippen molar-refractivity contribution >= 4 is 5.69 Å². The third-order valence-corrected chi connectivity index (χ3v) is 3.71. The van der Waals surface area contributed by atoms with Gasteiger partial charge in [-0.15, -0.1) is 0 Å². The molecule has 1 atom stereocenters. The summed E-state index contributed by atoms with van der Waals surface area (Å²) in [6, 6.07) is 6.21. The number of rotatable bonds is 5. The van der Waals surface area contributed by atoms with E-state index in [1.54, 1.807) is 0 Å². The Balaban J connectivity index is 1.87. The monoisotopic (exact) mass is 287 g/mol. The Kier molecular flexibility index (Phi) is 3.92. The molecule has 5 heteroatoms. The Morgan fingerprint density at radius 2 is 2.24 bits per heavy atom. The van der Waals surface area contributed by atoms with E-state index in [1.165, 1.54) is 11.3 Å². The van der Waals surface area contributed by atoms with E-state index in [0.29, 0.717) is 24.2 Å². The highest BCUT2D eigenvalue weighted by Crippen LogP contribution is 2.30. The van der Waals surface area contributed by atoms with Gasteiger partial charge >= 0.3 is 0 Å². The SMILES string of the molecule is CCOC(c1noc(-c2ccc3c(c2)CCN3)n1)C(C)C. The van der Waals surface area contributed by atoms with Crippen LogP contribution in [0.15, 0.2) is 22.7 Å². The summed E-state index contributed by atoms with van der Waals surface area (Å²) < 4.78 is 11.1. The quantitative estimate of drug-likeness (QED) is 0.912. The van der Waals surface area contributed by atoms with Gasteiger partial charge in [0, 0.05) is 24.4 Å². The van der Waals surface area contributed by atoms with E-state index in [4.69, 9.17) is 9.26 Å². The zero-order valence-corrected chi connectivity index (χ0v) is 12.7. The average Bonchev–Trinajstić information content (AvgIpc) is 3.12. The molecule has 0 radical (unpaired) electrons. The molecule has 1 aromatic carbocycles. The molecule has 21 heavy (non-hydrogen) atoms. The number of hydrogen-bond acceptors (Lipinski definition) is 5. The molecule has 0 spiro atoms. The third-order valence-electron chi connectivity index (χ3n) is 3.71. The van der Waals surface area contributed by atoms with Crippen LogP contribution in [-0.2, 0) is 11.2 Å². The fraction of sp³-hybridized carbons (Fsp3) is 0.500. The Labute approximate surface area is 124 Å². The number of nitrogens with one attached hydrogen (secondary N) is 1. The van der Waals surface area contributed by atoms with Crippen LogP contribution in [0.25, 0.3) is 11.5 Å². The van der Waals surface area contributed by atoms with Crippen molar-refractivity contribution in [2.75, 3.05) is 18.5 Å². The van der Waals surface area contributed by atoms with E-state index in [1.807, 2.05) is 13.0 Å². The van der Waals surface area contributed by atoms with Crippen LogP contribution < -0.4 is 5.32 Å². The highest BCUT2D eigenvalue weighted by Gasteiger charge is 2.23. The molecular weight excluding hydrogens is 266 g/mol. The molecule has 0 bridgehead atoms. The Hall–Kier alpha value is -1.88. The molecule has 2 heterocycles. The van der Waals surface area contributed by atoms with Gasteiger partial charge < -0.3 is 14.6 Å². The van der Waals surface area contributed by atoms with Crippen LogP contribution in [-0.4, -0.2) is 23.3 Å². The van der Waals surface area contributed by atoms with E-state index in [9.17, 15) is 0 Å². The molecule has 0 aliphatic carbocycles. The number of fused-ring (bicyclic) bond motifs is 1. The molecular formula is C16H21N3O2. The van der Waals surface area contributed by atoms with Gasteiger partial charge in [0.2, 0.25) is 5.82 Å². The van der Waals surface area contributed by atoms with E-state index >= 15 is 0 Å². The fourth-order valence-corrected chi connectivity index (χ4v) is 2.65. The lowest BCUT2D eigenvalue weighted by molar-refractivity contribution is 0.0217. The standard InChI is InChI=1S/C16H21N3O2/c1-4-20-14(10(2)3)15-18-16(21-19-15)12-5-6-13-11(9-12)7-8-17-13/h5-6,9-10,14,17H,4,7-8H2,1-3H3. The van der Waals surface area contributed by atoms with Crippen LogP contribution in [0.5, 0.6) is 0 Å². The van der Waals surface area contributed by atoms with Crippen molar-refractivity contribution in [1.29, 1.82) is 0 Å². The molecule has 0 saturated heterocycles. The Bertz CT molecular complexity index is 622. The van der Waals surface area contributed by atoms with Crippen molar-refractivity contribution in [3.05, 3.63) is 29.6 Å². The van der Waals surface area contributed by atoms with Gasteiger partial charge in [0.05, 0.1) is 0 Å². The summed E-state index contributed by atoms with van der Waals surface area (Å²) in [5.74, 6) is 1.49. The molecule has 0 amide bonds. The summed E-state index contributed by atoms with van der Waals surface area (Å²) in [7, 11) is 0. The van der Waals surface area contributed by atoms with Crippen molar-refractivity contribution < 1.29 is 9.26 Å². The lowest BCUT2D eigenvalue weighted by Crippen LogP contribution is -2.12. The molecule has 3 rings (SSSR count). The van der Waals surface area contributed by atoms with Gasteiger partial charge in [-0.3, -0.25) is 0 Å². The number of hydrogen-bond donors (Lipinski definition) is 1. The number of anilines is 1. The first-order valence-electron chi connectivity index (χ1n) is 7.51. The number of aromatic nitrogens is 2. The van der Waals surface area contributed by atoms with Crippen LogP contribution in [0.3, 0.4) is 0 Å². The van der Waals surface area contributed by atoms with Gasteiger partial charge in [0.15, 0.2) is 0 Å². The van der Waals surface area contributed by atoms with Gasteiger partial charge in [0.25, 0.3) is 5.89 Å². The maximum absolute atomic E-state index is 5.72. The molecule has 1 aliphatic heterocycles. The van der Waals surface area contributed by atoms with E-state index in [0.717, 1.165) is 18.5 Å². The van der Waals surface area contributed by atoms with Crippen LogP contribution >= 0.6 is 0 Å². The van der Waals surface area contributed by atoms with Crippen molar-refractivity contribution in [3.8, 4) is 11.5 Å². The van der Waals surface area contributed by atoms with E-state index in [-0.39, 0.29) is 6.10 Å². The molecule has 2 aromatic rings. The molecule has 0 saturated carbocycles. The Morgan fingerprint density at radius 1 is 1.38 bits per heavy atom. The first-order chi connectivity index (χ1) is 10.2. The summed E-state index contributed by atoms with van der Waals surface area (Å²) >= 11 is 0. The molecule has 1 unspecified atom stereocenters. The molecule has 1 aliphatic rings. The maximum Gasteiger partial charge on any atom is 0.258 e. The van der Waals surface area contributed by atoms with E-state index in [2.05, 4.69) is 41.4 Å². The second-order valence-electron chi connectivity index (χ2n) is 5.63. The topological polar surface area (TPSA) is 60.2 Å². The summed E-state index contributed by atoms with van der Waals surface area (Å²) in [6.45, 7) is 7.80.